The Kier molecular flexibility index (Phi) is 5.34. The number of hydrogen-bond acceptors (Lipinski definition) is 3. The van der Waals surface area contributed by atoms with Gasteiger partial charge in [0.05, 0.1) is 12.7 Å². The van der Waals surface area contributed by atoms with Crippen molar-refractivity contribution in [3.63, 3.8) is 0 Å². The highest BCUT2D eigenvalue weighted by atomic mass is 16.6. The maximum Gasteiger partial charge on any atom is 0.314 e. The van der Waals surface area contributed by atoms with E-state index in [0.29, 0.717) is 19.4 Å². The van der Waals surface area contributed by atoms with Crippen molar-refractivity contribution in [2.75, 3.05) is 6.61 Å². The number of rotatable bonds is 4. The molecule has 2 N–H and O–H groups in total. The van der Waals surface area contributed by atoms with E-state index in [1.165, 1.54) is 5.57 Å². The van der Waals surface area contributed by atoms with Gasteiger partial charge in [-0.05, 0) is 33.1 Å². The van der Waals surface area contributed by atoms with Crippen LogP contribution in [0.25, 0.3) is 0 Å². The molecule has 0 saturated carbocycles. The van der Waals surface area contributed by atoms with Crippen LogP contribution in [-0.2, 0) is 14.3 Å². The van der Waals surface area contributed by atoms with Gasteiger partial charge < -0.3 is 14.9 Å². The molecule has 3 atom stereocenters. The number of aliphatic carboxylic acids is 2. The van der Waals surface area contributed by atoms with Gasteiger partial charge in [0.1, 0.15) is 10.8 Å². The average Bonchev–Trinajstić information content (AvgIpc) is 3.21. The minimum atomic E-state index is -1.35. The summed E-state index contributed by atoms with van der Waals surface area (Å²) in [6, 6.07) is 0. The van der Waals surface area contributed by atoms with E-state index in [0.717, 1.165) is 0 Å². The second-order valence-corrected chi connectivity index (χ2v) is 5.88. The highest BCUT2D eigenvalue weighted by molar-refractivity contribution is 5.89. The summed E-state index contributed by atoms with van der Waals surface area (Å²) in [5.74, 6) is -2.14. The molecule has 1 saturated heterocycles. The molecule has 2 rings (SSSR count). The van der Waals surface area contributed by atoms with Gasteiger partial charge in [0.2, 0.25) is 0 Å². The summed E-state index contributed by atoms with van der Waals surface area (Å²) in [6.07, 6.45) is 4.01. The third kappa shape index (κ3) is 3.02. The topological polar surface area (TPSA) is 87.1 Å². The van der Waals surface area contributed by atoms with Gasteiger partial charge in [-0.15, -0.1) is 6.58 Å². The fourth-order valence-corrected chi connectivity index (χ4v) is 3.03. The summed E-state index contributed by atoms with van der Waals surface area (Å²) in [4.78, 5) is 23.2. The second kappa shape index (κ2) is 6.43. The van der Waals surface area contributed by atoms with Crippen LogP contribution >= 0.6 is 0 Å². The lowest BCUT2D eigenvalue weighted by Crippen LogP contribution is -2.55. The van der Waals surface area contributed by atoms with E-state index in [9.17, 15) is 19.8 Å². The fourth-order valence-electron chi connectivity index (χ4n) is 3.03. The van der Waals surface area contributed by atoms with E-state index in [1.807, 2.05) is 13.8 Å². The quantitative estimate of drug-likeness (QED) is 0.615. The lowest BCUT2D eigenvalue weighted by molar-refractivity contribution is -0.174. The third-order valence-corrected chi connectivity index (χ3v) is 4.11. The van der Waals surface area contributed by atoms with Crippen LogP contribution in [0.15, 0.2) is 24.3 Å². The first kappa shape index (κ1) is 17.4. The van der Waals surface area contributed by atoms with Crippen LogP contribution in [0.1, 0.15) is 40.0 Å². The molecule has 5 heteroatoms. The molecular formula is C16H24O5. The molecule has 0 aromatic rings. The Labute approximate surface area is 125 Å². The van der Waals surface area contributed by atoms with E-state index in [4.69, 9.17) is 4.74 Å². The zero-order chi connectivity index (χ0) is 16.3. The SMILES string of the molecule is C=C(C)C.CCC1(C(=O)O)C=CCCC1(C(=O)O)C1CO1. The maximum absolute atomic E-state index is 11.7. The Hall–Kier alpha value is -1.62. The van der Waals surface area contributed by atoms with Gasteiger partial charge in [-0.1, -0.05) is 24.6 Å². The molecule has 21 heavy (non-hydrogen) atoms. The van der Waals surface area contributed by atoms with Crippen molar-refractivity contribution in [1.82, 2.24) is 0 Å². The van der Waals surface area contributed by atoms with E-state index in [2.05, 4.69) is 6.58 Å². The van der Waals surface area contributed by atoms with Gasteiger partial charge in [0, 0.05) is 0 Å². The van der Waals surface area contributed by atoms with Crippen molar-refractivity contribution in [3.05, 3.63) is 24.3 Å². The van der Waals surface area contributed by atoms with Gasteiger partial charge in [0.15, 0.2) is 0 Å². The monoisotopic (exact) mass is 296 g/mol. The standard InChI is InChI=1S/C12H16O5.C4H8/c1-2-11(9(13)14)5-3-4-6-12(11,10(15)16)8-7-17-8;1-4(2)3/h3,5,8H,2,4,6-7H2,1H3,(H,13,14)(H,15,16);1H2,2-3H3. The molecule has 0 bridgehead atoms. The summed E-state index contributed by atoms with van der Waals surface area (Å²) >= 11 is 0. The molecule has 1 aliphatic heterocycles. The van der Waals surface area contributed by atoms with Crippen molar-refractivity contribution in [2.24, 2.45) is 10.8 Å². The normalized spacial score (nSPS) is 33.6. The number of epoxide rings is 1. The van der Waals surface area contributed by atoms with Crippen molar-refractivity contribution in [3.8, 4) is 0 Å². The number of carboxylic acids is 2. The summed E-state index contributed by atoms with van der Waals surface area (Å²) in [5, 5.41) is 19.0. The predicted molar refractivity (Wildman–Crippen MR) is 79.0 cm³/mol. The van der Waals surface area contributed by atoms with Crippen LogP contribution in [0, 0.1) is 10.8 Å². The molecule has 0 radical (unpaired) electrons. The maximum atomic E-state index is 11.7. The molecule has 1 heterocycles. The van der Waals surface area contributed by atoms with Gasteiger partial charge in [-0.25, -0.2) is 0 Å². The largest absolute Gasteiger partial charge is 0.481 e. The number of carboxylic acid groups (broad SMARTS) is 2. The summed E-state index contributed by atoms with van der Waals surface area (Å²) < 4.78 is 5.14. The van der Waals surface area contributed by atoms with Gasteiger partial charge >= 0.3 is 11.9 Å². The number of hydrogen-bond donors (Lipinski definition) is 2. The molecular weight excluding hydrogens is 272 g/mol. The van der Waals surface area contributed by atoms with Crippen LogP contribution in [0.4, 0.5) is 0 Å². The van der Waals surface area contributed by atoms with Crippen LogP contribution in [0.3, 0.4) is 0 Å². The summed E-state index contributed by atoms with van der Waals surface area (Å²) in [7, 11) is 0. The average molecular weight is 296 g/mol. The van der Waals surface area contributed by atoms with Crippen LogP contribution in [0.5, 0.6) is 0 Å². The van der Waals surface area contributed by atoms with Crippen molar-refractivity contribution in [2.45, 2.75) is 46.1 Å². The second-order valence-electron chi connectivity index (χ2n) is 5.88. The summed E-state index contributed by atoms with van der Waals surface area (Å²) in [5.41, 5.74) is -1.50. The Morgan fingerprint density at radius 3 is 2.19 bits per heavy atom. The molecule has 2 aliphatic rings. The van der Waals surface area contributed by atoms with Crippen molar-refractivity contribution < 1.29 is 24.5 Å². The molecule has 1 fully saturated rings. The van der Waals surface area contributed by atoms with E-state index in [1.54, 1.807) is 19.1 Å². The molecule has 0 spiro atoms. The zero-order valence-electron chi connectivity index (χ0n) is 12.9. The fraction of sp³-hybridized carbons (Fsp3) is 0.625. The zero-order valence-corrected chi connectivity index (χ0v) is 12.9. The van der Waals surface area contributed by atoms with E-state index >= 15 is 0 Å². The molecule has 0 aromatic heterocycles. The highest BCUT2D eigenvalue weighted by Gasteiger charge is 2.67. The van der Waals surface area contributed by atoms with E-state index < -0.39 is 28.9 Å². The van der Waals surface area contributed by atoms with E-state index in [-0.39, 0.29) is 6.42 Å². The Balaban J connectivity index is 0.000000491. The minimum Gasteiger partial charge on any atom is -0.481 e. The molecule has 0 aromatic carbocycles. The van der Waals surface area contributed by atoms with Gasteiger partial charge in [-0.3, -0.25) is 9.59 Å². The van der Waals surface area contributed by atoms with Crippen molar-refractivity contribution >= 4 is 11.9 Å². The first-order valence-electron chi connectivity index (χ1n) is 7.12. The molecule has 5 nitrogen and oxygen atoms in total. The minimum absolute atomic E-state index is 0.255. The molecule has 3 unspecified atom stereocenters. The first-order valence-corrected chi connectivity index (χ1v) is 7.12. The predicted octanol–water partition coefficient (Wildman–Crippen LogP) is 2.87. The lowest BCUT2D eigenvalue weighted by Gasteiger charge is -2.44. The van der Waals surface area contributed by atoms with Gasteiger partial charge in [0.25, 0.3) is 0 Å². The number of ether oxygens (including phenoxy) is 1. The van der Waals surface area contributed by atoms with Gasteiger partial charge in [-0.2, -0.15) is 0 Å². The van der Waals surface area contributed by atoms with Crippen LogP contribution in [0.2, 0.25) is 0 Å². The Morgan fingerprint density at radius 1 is 1.33 bits per heavy atom. The molecule has 0 amide bonds. The smallest absolute Gasteiger partial charge is 0.314 e. The third-order valence-electron chi connectivity index (χ3n) is 4.11. The Morgan fingerprint density at radius 2 is 1.86 bits per heavy atom. The van der Waals surface area contributed by atoms with Crippen LogP contribution in [-0.4, -0.2) is 34.9 Å². The number of carbonyl (C=O) groups is 2. The highest BCUT2D eigenvalue weighted by Crippen LogP contribution is 2.56. The van der Waals surface area contributed by atoms with Crippen molar-refractivity contribution in [1.29, 1.82) is 0 Å². The lowest BCUT2D eigenvalue weighted by atomic mass is 9.55. The van der Waals surface area contributed by atoms with Crippen LogP contribution < -0.4 is 0 Å². The number of allylic oxidation sites excluding steroid dienone is 2. The Bertz CT molecular complexity index is 459. The molecule has 1 aliphatic carbocycles. The molecule has 118 valence electrons. The first-order chi connectivity index (χ1) is 9.74. The summed E-state index contributed by atoms with van der Waals surface area (Å²) in [6.45, 7) is 9.55.